The van der Waals surface area contributed by atoms with Gasteiger partial charge in [-0.1, -0.05) is 20.8 Å². The van der Waals surface area contributed by atoms with Crippen molar-refractivity contribution in [2.45, 2.75) is 52.4 Å². The molecular formula is C13H21N5O. The van der Waals surface area contributed by atoms with Gasteiger partial charge in [0.2, 0.25) is 0 Å². The monoisotopic (exact) mass is 263 g/mol. The quantitative estimate of drug-likeness (QED) is 0.900. The van der Waals surface area contributed by atoms with E-state index in [0.29, 0.717) is 17.4 Å². The van der Waals surface area contributed by atoms with Gasteiger partial charge in [0, 0.05) is 0 Å². The number of ether oxygens (including phenoxy) is 1. The maximum Gasteiger partial charge on any atom is 0.167 e. The van der Waals surface area contributed by atoms with Gasteiger partial charge >= 0.3 is 0 Å². The molecule has 6 heteroatoms. The van der Waals surface area contributed by atoms with Crippen LogP contribution in [-0.2, 0) is 4.74 Å². The Morgan fingerprint density at radius 2 is 2.11 bits per heavy atom. The third-order valence-electron chi connectivity index (χ3n) is 3.24. The molecule has 104 valence electrons. The van der Waals surface area contributed by atoms with E-state index in [1.165, 1.54) is 6.33 Å². The summed E-state index contributed by atoms with van der Waals surface area (Å²) in [7, 11) is 0. The van der Waals surface area contributed by atoms with Gasteiger partial charge in [-0.15, -0.1) is 0 Å². The molecule has 1 aliphatic heterocycles. The number of fused-ring (bicyclic) bond motifs is 1. The lowest BCUT2D eigenvalue weighted by Gasteiger charge is -2.13. The SMILES string of the molecule is CC.CCC1CCC(n2cnc3c(N)ncnc32)O1. The summed E-state index contributed by atoms with van der Waals surface area (Å²) in [4.78, 5) is 12.4. The van der Waals surface area contributed by atoms with Crippen molar-refractivity contribution in [1.82, 2.24) is 19.5 Å². The van der Waals surface area contributed by atoms with Crippen LogP contribution in [0, 0.1) is 0 Å². The zero-order valence-electron chi connectivity index (χ0n) is 11.7. The number of hydrogen-bond donors (Lipinski definition) is 1. The molecule has 1 fully saturated rings. The minimum absolute atomic E-state index is 0.0271. The number of aromatic nitrogens is 4. The molecule has 2 aromatic heterocycles. The molecule has 2 N–H and O–H groups in total. The van der Waals surface area contributed by atoms with E-state index in [2.05, 4.69) is 21.9 Å². The van der Waals surface area contributed by atoms with Gasteiger partial charge in [0.15, 0.2) is 11.5 Å². The van der Waals surface area contributed by atoms with Crippen molar-refractivity contribution < 1.29 is 4.74 Å². The van der Waals surface area contributed by atoms with Crippen LogP contribution >= 0.6 is 0 Å². The van der Waals surface area contributed by atoms with Crippen molar-refractivity contribution in [3.63, 3.8) is 0 Å². The highest BCUT2D eigenvalue weighted by Gasteiger charge is 2.26. The Balaban J connectivity index is 0.000000637. The fourth-order valence-corrected chi connectivity index (χ4v) is 2.27. The molecule has 19 heavy (non-hydrogen) atoms. The highest BCUT2D eigenvalue weighted by Crippen LogP contribution is 2.31. The minimum Gasteiger partial charge on any atom is -0.382 e. The van der Waals surface area contributed by atoms with Crippen molar-refractivity contribution in [2.24, 2.45) is 0 Å². The van der Waals surface area contributed by atoms with Gasteiger partial charge in [-0.25, -0.2) is 15.0 Å². The van der Waals surface area contributed by atoms with Crippen LogP contribution in [-0.4, -0.2) is 25.6 Å². The predicted octanol–water partition coefficient (Wildman–Crippen LogP) is 2.52. The number of anilines is 1. The Kier molecular flexibility index (Phi) is 4.31. The van der Waals surface area contributed by atoms with Crippen molar-refractivity contribution in [3.05, 3.63) is 12.7 Å². The van der Waals surface area contributed by atoms with Crippen LogP contribution < -0.4 is 5.73 Å². The van der Waals surface area contributed by atoms with E-state index >= 15 is 0 Å². The highest BCUT2D eigenvalue weighted by molar-refractivity contribution is 5.81. The van der Waals surface area contributed by atoms with Crippen molar-refractivity contribution >= 4 is 17.0 Å². The topological polar surface area (TPSA) is 78.9 Å². The van der Waals surface area contributed by atoms with Crippen molar-refractivity contribution in [3.8, 4) is 0 Å². The molecule has 0 radical (unpaired) electrons. The molecule has 0 saturated carbocycles. The second-order valence-corrected chi connectivity index (χ2v) is 4.28. The van der Waals surface area contributed by atoms with Crippen LogP contribution in [0.2, 0.25) is 0 Å². The summed E-state index contributed by atoms with van der Waals surface area (Å²) in [6, 6.07) is 0. The number of nitrogen functional groups attached to an aromatic ring is 1. The van der Waals surface area contributed by atoms with Crippen LogP contribution in [0.1, 0.15) is 46.3 Å². The number of rotatable bonds is 2. The van der Waals surface area contributed by atoms with Crippen molar-refractivity contribution in [2.75, 3.05) is 5.73 Å². The molecule has 2 atom stereocenters. The largest absolute Gasteiger partial charge is 0.382 e. The lowest BCUT2D eigenvalue weighted by atomic mass is 10.2. The second kappa shape index (κ2) is 5.97. The normalized spacial score (nSPS) is 22.3. The highest BCUT2D eigenvalue weighted by atomic mass is 16.5. The van der Waals surface area contributed by atoms with Crippen LogP contribution in [0.15, 0.2) is 12.7 Å². The third kappa shape index (κ3) is 2.53. The van der Waals surface area contributed by atoms with Crippen LogP contribution in [0.3, 0.4) is 0 Å². The maximum atomic E-state index is 5.92. The van der Waals surface area contributed by atoms with Gasteiger partial charge in [0.05, 0.1) is 12.4 Å². The van der Waals surface area contributed by atoms with Gasteiger partial charge in [0.1, 0.15) is 18.1 Å². The number of nitrogens with zero attached hydrogens (tertiary/aromatic N) is 4. The molecule has 6 nitrogen and oxygen atoms in total. The van der Waals surface area contributed by atoms with E-state index in [4.69, 9.17) is 10.5 Å². The first-order valence-electron chi connectivity index (χ1n) is 6.88. The van der Waals surface area contributed by atoms with Crippen LogP contribution in [0.4, 0.5) is 5.82 Å². The fourth-order valence-electron chi connectivity index (χ4n) is 2.27. The number of imidazole rings is 1. The first-order valence-corrected chi connectivity index (χ1v) is 6.88. The molecule has 3 heterocycles. The Labute approximate surface area is 113 Å². The van der Waals surface area contributed by atoms with Gasteiger partial charge in [0.25, 0.3) is 0 Å². The lowest BCUT2D eigenvalue weighted by Crippen LogP contribution is -2.10. The zero-order chi connectivity index (χ0) is 13.8. The van der Waals surface area contributed by atoms with Gasteiger partial charge in [-0.05, 0) is 19.3 Å². The lowest BCUT2D eigenvalue weighted by molar-refractivity contribution is 0.00289. The molecule has 2 aromatic rings. The summed E-state index contributed by atoms with van der Waals surface area (Å²) in [6.07, 6.45) is 6.69. The first kappa shape index (κ1) is 13.7. The smallest absolute Gasteiger partial charge is 0.167 e. The number of hydrogen-bond acceptors (Lipinski definition) is 5. The zero-order valence-corrected chi connectivity index (χ0v) is 11.7. The maximum absolute atomic E-state index is 5.92. The third-order valence-corrected chi connectivity index (χ3v) is 3.24. The fraction of sp³-hybridized carbons (Fsp3) is 0.615. The van der Waals surface area contributed by atoms with E-state index in [1.807, 2.05) is 18.4 Å². The molecule has 1 saturated heterocycles. The minimum atomic E-state index is 0.0271. The van der Waals surface area contributed by atoms with E-state index in [0.717, 1.165) is 24.9 Å². The summed E-state index contributed by atoms with van der Waals surface area (Å²) in [5.74, 6) is 0.416. The molecule has 0 aromatic carbocycles. The summed E-state index contributed by atoms with van der Waals surface area (Å²) in [5, 5.41) is 0. The molecule has 0 amide bonds. The van der Waals surface area contributed by atoms with E-state index in [-0.39, 0.29) is 6.23 Å². The molecule has 0 aliphatic carbocycles. The Morgan fingerprint density at radius 3 is 2.79 bits per heavy atom. The Hall–Kier alpha value is -1.69. The standard InChI is InChI=1S/C11H15N5O.C2H6/c1-2-7-3-4-8(17-7)16-6-15-9-10(12)13-5-14-11(9)16;1-2/h5-8H,2-4H2,1H3,(H2,12,13,14);1-2H3. The molecule has 2 unspecified atom stereocenters. The molecule has 3 rings (SSSR count). The van der Waals surface area contributed by atoms with Crippen LogP contribution in [0.5, 0.6) is 0 Å². The average Bonchev–Trinajstić information content (AvgIpc) is 3.07. The molecular weight excluding hydrogens is 242 g/mol. The Morgan fingerprint density at radius 1 is 1.32 bits per heavy atom. The summed E-state index contributed by atoms with van der Waals surface area (Å²) >= 11 is 0. The second-order valence-electron chi connectivity index (χ2n) is 4.28. The average molecular weight is 263 g/mol. The molecule has 0 bridgehead atoms. The van der Waals surface area contributed by atoms with Gasteiger partial charge in [-0.3, -0.25) is 4.57 Å². The van der Waals surface area contributed by atoms with Gasteiger partial charge < -0.3 is 10.5 Å². The predicted molar refractivity (Wildman–Crippen MR) is 74.5 cm³/mol. The summed E-state index contributed by atoms with van der Waals surface area (Å²) < 4.78 is 7.87. The number of nitrogens with two attached hydrogens (primary N) is 1. The molecule has 1 aliphatic rings. The first-order chi connectivity index (χ1) is 9.29. The summed E-state index contributed by atoms with van der Waals surface area (Å²) in [6.45, 7) is 6.14. The van der Waals surface area contributed by atoms with Crippen LogP contribution in [0.25, 0.3) is 11.2 Å². The van der Waals surface area contributed by atoms with Gasteiger partial charge in [-0.2, -0.15) is 0 Å². The van der Waals surface area contributed by atoms with E-state index in [1.54, 1.807) is 6.33 Å². The van der Waals surface area contributed by atoms with E-state index < -0.39 is 0 Å². The van der Waals surface area contributed by atoms with E-state index in [9.17, 15) is 0 Å². The summed E-state index contributed by atoms with van der Waals surface area (Å²) in [5.41, 5.74) is 7.15. The molecule has 0 spiro atoms. The Bertz CT molecular complexity index is 539. The van der Waals surface area contributed by atoms with Crippen molar-refractivity contribution in [1.29, 1.82) is 0 Å².